The number of hydrogen-bond donors (Lipinski definition) is 2. The standard InChI is InChI=1S/C12H12BrN3O/c1-16-7-8(14)6-11(16)12(17)15-10-5-3-2-4-9(10)13/h2-7H,14H2,1H3,(H,15,17). The Balaban J connectivity index is 2.23. The van der Waals surface area contributed by atoms with Crippen molar-refractivity contribution in [1.29, 1.82) is 0 Å². The van der Waals surface area contributed by atoms with Gasteiger partial charge in [0.2, 0.25) is 0 Å². The molecule has 0 radical (unpaired) electrons. The van der Waals surface area contributed by atoms with Crippen LogP contribution in [-0.2, 0) is 7.05 Å². The van der Waals surface area contributed by atoms with E-state index < -0.39 is 0 Å². The summed E-state index contributed by atoms with van der Waals surface area (Å²) < 4.78 is 2.54. The third-order valence-electron chi connectivity index (χ3n) is 2.38. The number of nitrogens with zero attached hydrogens (tertiary/aromatic N) is 1. The number of nitrogens with one attached hydrogen (secondary N) is 1. The van der Waals surface area contributed by atoms with Gasteiger partial charge in [-0.1, -0.05) is 12.1 Å². The molecule has 0 spiro atoms. The summed E-state index contributed by atoms with van der Waals surface area (Å²) in [7, 11) is 1.78. The van der Waals surface area contributed by atoms with E-state index in [2.05, 4.69) is 21.2 Å². The highest BCUT2D eigenvalue weighted by molar-refractivity contribution is 9.10. The van der Waals surface area contributed by atoms with Crippen LogP contribution in [0.4, 0.5) is 11.4 Å². The average molecular weight is 294 g/mol. The van der Waals surface area contributed by atoms with Crippen LogP contribution in [0.5, 0.6) is 0 Å². The van der Waals surface area contributed by atoms with Gasteiger partial charge in [0.1, 0.15) is 5.69 Å². The van der Waals surface area contributed by atoms with Crippen molar-refractivity contribution in [2.75, 3.05) is 11.1 Å². The van der Waals surface area contributed by atoms with Gasteiger partial charge in [-0.25, -0.2) is 0 Å². The third kappa shape index (κ3) is 2.50. The molecule has 0 fully saturated rings. The van der Waals surface area contributed by atoms with Gasteiger partial charge in [-0.05, 0) is 34.1 Å². The van der Waals surface area contributed by atoms with Crippen LogP contribution < -0.4 is 11.1 Å². The lowest BCUT2D eigenvalue weighted by atomic mass is 10.3. The molecule has 1 aromatic carbocycles. The number of nitrogens with two attached hydrogens (primary N) is 1. The summed E-state index contributed by atoms with van der Waals surface area (Å²) in [6.45, 7) is 0. The minimum absolute atomic E-state index is 0.184. The molecule has 2 rings (SSSR count). The Kier molecular flexibility index (Phi) is 3.19. The zero-order chi connectivity index (χ0) is 12.4. The fourth-order valence-electron chi connectivity index (χ4n) is 1.56. The molecular weight excluding hydrogens is 282 g/mol. The molecule has 0 atom stereocenters. The molecule has 1 heterocycles. The summed E-state index contributed by atoms with van der Waals surface area (Å²) in [6, 6.07) is 9.09. The third-order valence-corrected chi connectivity index (χ3v) is 3.07. The fourth-order valence-corrected chi connectivity index (χ4v) is 1.95. The number of aromatic nitrogens is 1. The maximum absolute atomic E-state index is 12.0. The van der Waals surface area contributed by atoms with Gasteiger partial charge in [0.15, 0.2) is 0 Å². The molecule has 3 N–H and O–H groups in total. The van der Waals surface area contributed by atoms with E-state index in [1.165, 1.54) is 0 Å². The van der Waals surface area contributed by atoms with Crippen molar-refractivity contribution >= 4 is 33.2 Å². The van der Waals surface area contributed by atoms with E-state index in [0.29, 0.717) is 11.4 Å². The molecule has 0 aliphatic carbocycles. The quantitative estimate of drug-likeness (QED) is 0.894. The highest BCUT2D eigenvalue weighted by Crippen LogP contribution is 2.22. The minimum Gasteiger partial charge on any atom is -0.397 e. The smallest absolute Gasteiger partial charge is 0.272 e. The molecule has 1 amide bonds. The number of anilines is 2. The van der Waals surface area contributed by atoms with Gasteiger partial charge < -0.3 is 15.6 Å². The zero-order valence-corrected chi connectivity index (χ0v) is 10.9. The van der Waals surface area contributed by atoms with Crippen LogP contribution in [0, 0.1) is 0 Å². The summed E-state index contributed by atoms with van der Waals surface area (Å²) in [6.07, 6.45) is 1.70. The Morgan fingerprint density at radius 3 is 2.71 bits per heavy atom. The number of hydrogen-bond acceptors (Lipinski definition) is 2. The predicted octanol–water partition coefficient (Wildman–Crippen LogP) is 2.62. The molecule has 2 aromatic rings. The number of rotatable bonds is 2. The molecule has 4 nitrogen and oxygen atoms in total. The van der Waals surface area contributed by atoms with Crippen molar-refractivity contribution in [3.8, 4) is 0 Å². The van der Waals surface area contributed by atoms with Gasteiger partial charge in [-0.3, -0.25) is 4.79 Å². The maximum Gasteiger partial charge on any atom is 0.272 e. The van der Waals surface area contributed by atoms with Crippen LogP contribution in [0.1, 0.15) is 10.5 Å². The molecule has 0 aliphatic rings. The van der Waals surface area contributed by atoms with Crippen molar-refractivity contribution in [3.63, 3.8) is 0 Å². The number of aryl methyl sites for hydroxylation is 1. The van der Waals surface area contributed by atoms with E-state index in [9.17, 15) is 4.79 Å². The molecule has 0 unspecified atom stereocenters. The van der Waals surface area contributed by atoms with Gasteiger partial charge in [0.05, 0.1) is 11.4 Å². The molecule has 0 saturated heterocycles. The van der Waals surface area contributed by atoms with Gasteiger partial charge in [0, 0.05) is 17.7 Å². The van der Waals surface area contributed by atoms with Crippen LogP contribution in [0.3, 0.4) is 0 Å². The molecule has 17 heavy (non-hydrogen) atoms. The van der Waals surface area contributed by atoms with Crippen LogP contribution in [0.2, 0.25) is 0 Å². The average Bonchev–Trinajstić information content (AvgIpc) is 2.61. The zero-order valence-electron chi connectivity index (χ0n) is 9.27. The molecule has 0 aliphatic heterocycles. The van der Waals surface area contributed by atoms with Crippen molar-refractivity contribution in [3.05, 3.63) is 46.7 Å². The Hall–Kier alpha value is -1.75. The summed E-state index contributed by atoms with van der Waals surface area (Å²) in [5.74, 6) is -0.184. The Morgan fingerprint density at radius 1 is 1.41 bits per heavy atom. The SMILES string of the molecule is Cn1cc(N)cc1C(=O)Nc1ccccc1Br. The first kappa shape index (κ1) is 11.7. The van der Waals surface area contributed by atoms with E-state index in [1.807, 2.05) is 24.3 Å². The van der Waals surface area contributed by atoms with Crippen LogP contribution in [0.15, 0.2) is 41.0 Å². The van der Waals surface area contributed by atoms with E-state index in [-0.39, 0.29) is 5.91 Å². The van der Waals surface area contributed by atoms with Crippen molar-refractivity contribution in [2.24, 2.45) is 7.05 Å². The number of amides is 1. The van der Waals surface area contributed by atoms with Crippen molar-refractivity contribution in [2.45, 2.75) is 0 Å². The monoisotopic (exact) mass is 293 g/mol. The first-order chi connectivity index (χ1) is 8.08. The molecule has 0 saturated carbocycles. The number of carbonyl (C=O) groups excluding carboxylic acids is 1. The fraction of sp³-hybridized carbons (Fsp3) is 0.0833. The number of carbonyl (C=O) groups is 1. The number of para-hydroxylation sites is 1. The largest absolute Gasteiger partial charge is 0.397 e. The van der Waals surface area contributed by atoms with Crippen molar-refractivity contribution < 1.29 is 4.79 Å². The van der Waals surface area contributed by atoms with E-state index in [0.717, 1.165) is 10.2 Å². The molecule has 0 bridgehead atoms. The number of nitrogen functional groups attached to an aromatic ring is 1. The molecule has 1 aromatic heterocycles. The molecule has 88 valence electrons. The first-order valence-corrected chi connectivity index (χ1v) is 5.85. The summed E-state index contributed by atoms with van der Waals surface area (Å²) in [5.41, 5.74) is 7.46. The lowest BCUT2D eigenvalue weighted by molar-refractivity contribution is 0.101. The Bertz CT molecular complexity index is 563. The Labute approximate surface area is 108 Å². The number of benzene rings is 1. The molecular formula is C12H12BrN3O. The minimum atomic E-state index is -0.184. The summed E-state index contributed by atoms with van der Waals surface area (Å²) in [4.78, 5) is 12.0. The van der Waals surface area contributed by atoms with Crippen molar-refractivity contribution in [1.82, 2.24) is 4.57 Å². The first-order valence-electron chi connectivity index (χ1n) is 5.05. The van der Waals surface area contributed by atoms with E-state index >= 15 is 0 Å². The van der Waals surface area contributed by atoms with E-state index in [1.54, 1.807) is 23.9 Å². The lowest BCUT2D eigenvalue weighted by Crippen LogP contribution is -2.15. The second-order valence-corrected chi connectivity index (χ2v) is 4.56. The highest BCUT2D eigenvalue weighted by Gasteiger charge is 2.11. The van der Waals surface area contributed by atoms with Gasteiger partial charge in [0.25, 0.3) is 5.91 Å². The Morgan fingerprint density at radius 2 is 2.12 bits per heavy atom. The maximum atomic E-state index is 12.0. The second kappa shape index (κ2) is 4.63. The molecule has 5 heteroatoms. The number of halogens is 1. The van der Waals surface area contributed by atoms with Gasteiger partial charge in [-0.2, -0.15) is 0 Å². The highest BCUT2D eigenvalue weighted by atomic mass is 79.9. The van der Waals surface area contributed by atoms with Gasteiger partial charge in [-0.15, -0.1) is 0 Å². The summed E-state index contributed by atoms with van der Waals surface area (Å²) >= 11 is 3.37. The normalized spacial score (nSPS) is 10.2. The van der Waals surface area contributed by atoms with Crippen LogP contribution >= 0.6 is 15.9 Å². The topological polar surface area (TPSA) is 60.0 Å². The van der Waals surface area contributed by atoms with Crippen LogP contribution in [0.25, 0.3) is 0 Å². The summed E-state index contributed by atoms with van der Waals surface area (Å²) in [5, 5.41) is 2.82. The lowest BCUT2D eigenvalue weighted by Gasteiger charge is -2.07. The van der Waals surface area contributed by atoms with Gasteiger partial charge >= 0.3 is 0 Å². The second-order valence-electron chi connectivity index (χ2n) is 3.70. The predicted molar refractivity (Wildman–Crippen MR) is 71.9 cm³/mol. The van der Waals surface area contributed by atoms with E-state index in [4.69, 9.17) is 5.73 Å². The van der Waals surface area contributed by atoms with Crippen LogP contribution in [-0.4, -0.2) is 10.5 Å².